The third-order valence-electron chi connectivity index (χ3n) is 4.20. The first-order valence-electron chi connectivity index (χ1n) is 8.34. The van der Waals surface area contributed by atoms with Crippen LogP contribution in [0.25, 0.3) is 11.1 Å². The van der Waals surface area contributed by atoms with Gasteiger partial charge in [-0.3, -0.25) is 4.79 Å². The van der Waals surface area contributed by atoms with Crippen molar-refractivity contribution in [1.29, 1.82) is 5.41 Å². The number of phenols is 1. The Kier molecular flexibility index (Phi) is 5.08. The second kappa shape index (κ2) is 7.61. The molecule has 3 aromatic rings. The van der Waals surface area contributed by atoms with E-state index in [1.807, 2.05) is 12.1 Å². The molecule has 27 heavy (non-hydrogen) atoms. The molecule has 0 aromatic heterocycles. The molecular weight excluding hydrogens is 340 g/mol. The Morgan fingerprint density at radius 2 is 1.85 bits per heavy atom. The van der Waals surface area contributed by atoms with Crippen molar-refractivity contribution in [3.63, 3.8) is 0 Å². The highest BCUT2D eigenvalue weighted by Gasteiger charge is 2.13. The lowest BCUT2D eigenvalue weighted by Gasteiger charge is -2.14. The smallest absolute Gasteiger partial charge is 0.255 e. The van der Waals surface area contributed by atoms with Crippen LogP contribution >= 0.6 is 0 Å². The standard InChI is InChI=1S/C21H20N4O2/c1-24-16-6-2-5-14(8-16)21(27)25-20-11-15(10-19(23)18(20)12-22)13-4-3-7-17(26)9-13/h2-12,22,24,26H,23H2,1H3,(H,25,27). The van der Waals surface area contributed by atoms with Gasteiger partial charge >= 0.3 is 0 Å². The average molecular weight is 360 g/mol. The van der Waals surface area contributed by atoms with Gasteiger partial charge in [0.05, 0.1) is 5.69 Å². The molecule has 0 atom stereocenters. The molecule has 0 saturated carbocycles. The molecule has 0 aliphatic carbocycles. The zero-order valence-corrected chi connectivity index (χ0v) is 14.8. The highest BCUT2D eigenvalue weighted by molar-refractivity contribution is 6.08. The third kappa shape index (κ3) is 3.90. The number of phenolic OH excluding ortho intramolecular Hbond substituents is 1. The number of anilines is 3. The van der Waals surface area contributed by atoms with Crippen LogP contribution in [0.4, 0.5) is 17.1 Å². The number of carbonyl (C=O) groups excluding carboxylic acids is 1. The Bertz CT molecular complexity index is 1010. The SMILES string of the molecule is CNc1cccc(C(=O)Nc2cc(-c3cccc(O)c3)cc(N)c2C=N)c1. The summed E-state index contributed by atoms with van der Waals surface area (Å²) in [5.74, 6) is -0.167. The summed E-state index contributed by atoms with van der Waals surface area (Å²) in [4.78, 5) is 12.7. The Morgan fingerprint density at radius 3 is 2.56 bits per heavy atom. The van der Waals surface area contributed by atoms with Crippen LogP contribution in [-0.2, 0) is 0 Å². The molecule has 3 aromatic carbocycles. The molecule has 0 aliphatic rings. The largest absolute Gasteiger partial charge is 0.508 e. The van der Waals surface area contributed by atoms with Crippen molar-refractivity contribution in [2.24, 2.45) is 0 Å². The Morgan fingerprint density at radius 1 is 1.07 bits per heavy atom. The van der Waals surface area contributed by atoms with Crippen LogP contribution in [0.1, 0.15) is 15.9 Å². The second-order valence-corrected chi connectivity index (χ2v) is 6.01. The van der Waals surface area contributed by atoms with Crippen LogP contribution < -0.4 is 16.4 Å². The van der Waals surface area contributed by atoms with Crippen LogP contribution in [0.15, 0.2) is 60.7 Å². The lowest BCUT2D eigenvalue weighted by atomic mass is 10.0. The van der Waals surface area contributed by atoms with Crippen molar-refractivity contribution < 1.29 is 9.90 Å². The van der Waals surface area contributed by atoms with Crippen LogP contribution in [0.5, 0.6) is 5.75 Å². The molecular formula is C21H20N4O2. The molecule has 3 rings (SSSR count). The first-order valence-corrected chi connectivity index (χ1v) is 8.34. The first-order chi connectivity index (χ1) is 13.0. The van der Waals surface area contributed by atoms with Gasteiger partial charge < -0.3 is 26.9 Å². The molecule has 1 amide bonds. The highest BCUT2D eigenvalue weighted by atomic mass is 16.3. The quantitative estimate of drug-likeness (QED) is 0.350. The second-order valence-electron chi connectivity index (χ2n) is 6.01. The van der Waals surface area contributed by atoms with E-state index in [0.717, 1.165) is 23.0 Å². The summed E-state index contributed by atoms with van der Waals surface area (Å²) in [6, 6.07) is 17.3. The van der Waals surface area contributed by atoms with Crippen molar-refractivity contribution in [3.05, 3.63) is 71.8 Å². The van der Waals surface area contributed by atoms with E-state index in [1.165, 1.54) is 0 Å². The number of aromatic hydroxyl groups is 1. The number of amides is 1. The molecule has 0 saturated heterocycles. The van der Waals surface area contributed by atoms with E-state index in [4.69, 9.17) is 11.1 Å². The van der Waals surface area contributed by atoms with E-state index >= 15 is 0 Å². The van der Waals surface area contributed by atoms with Crippen molar-refractivity contribution in [2.45, 2.75) is 0 Å². The van der Waals surface area contributed by atoms with Crippen LogP contribution in [0.3, 0.4) is 0 Å². The maximum Gasteiger partial charge on any atom is 0.255 e. The summed E-state index contributed by atoms with van der Waals surface area (Å²) < 4.78 is 0. The molecule has 6 N–H and O–H groups in total. The number of nitrogens with two attached hydrogens (primary N) is 1. The predicted octanol–water partition coefficient (Wildman–Crippen LogP) is 3.93. The molecule has 0 bridgehead atoms. The topological polar surface area (TPSA) is 111 Å². The van der Waals surface area contributed by atoms with E-state index in [0.29, 0.717) is 22.5 Å². The van der Waals surface area contributed by atoms with Crippen molar-refractivity contribution in [3.8, 4) is 16.9 Å². The Hall–Kier alpha value is -3.80. The summed E-state index contributed by atoms with van der Waals surface area (Å²) in [6.07, 6.45) is 1.11. The summed E-state index contributed by atoms with van der Waals surface area (Å²) in [7, 11) is 1.78. The highest BCUT2D eigenvalue weighted by Crippen LogP contribution is 2.31. The van der Waals surface area contributed by atoms with Gasteiger partial charge in [0.15, 0.2) is 0 Å². The summed E-state index contributed by atoms with van der Waals surface area (Å²) in [6.45, 7) is 0. The van der Waals surface area contributed by atoms with Gasteiger partial charge in [-0.15, -0.1) is 0 Å². The molecule has 0 aliphatic heterocycles. The number of hydrogen-bond acceptors (Lipinski definition) is 5. The maximum absolute atomic E-state index is 12.7. The van der Waals surface area contributed by atoms with E-state index in [1.54, 1.807) is 55.6 Å². The van der Waals surface area contributed by atoms with Crippen LogP contribution in [0.2, 0.25) is 0 Å². The average Bonchev–Trinajstić information content (AvgIpc) is 2.67. The zero-order chi connectivity index (χ0) is 19.4. The van der Waals surface area contributed by atoms with Gasteiger partial charge in [0.1, 0.15) is 5.75 Å². The van der Waals surface area contributed by atoms with Gasteiger partial charge in [0, 0.05) is 35.8 Å². The van der Waals surface area contributed by atoms with E-state index in [-0.39, 0.29) is 11.7 Å². The fraction of sp³-hybridized carbons (Fsp3) is 0.0476. The zero-order valence-electron chi connectivity index (χ0n) is 14.8. The minimum atomic E-state index is -0.303. The van der Waals surface area contributed by atoms with Crippen molar-refractivity contribution in [2.75, 3.05) is 23.4 Å². The van der Waals surface area contributed by atoms with Crippen molar-refractivity contribution in [1.82, 2.24) is 0 Å². The van der Waals surface area contributed by atoms with Crippen LogP contribution in [0, 0.1) is 5.41 Å². The number of hydrogen-bond donors (Lipinski definition) is 5. The van der Waals surface area contributed by atoms with Gasteiger partial charge in [0.25, 0.3) is 5.91 Å². The van der Waals surface area contributed by atoms with Gasteiger partial charge in [-0.05, 0) is 53.6 Å². The molecule has 0 fully saturated rings. The van der Waals surface area contributed by atoms with Gasteiger partial charge in [-0.25, -0.2) is 0 Å². The summed E-state index contributed by atoms with van der Waals surface area (Å²) >= 11 is 0. The minimum absolute atomic E-state index is 0.136. The fourth-order valence-corrected chi connectivity index (χ4v) is 2.80. The molecule has 136 valence electrons. The molecule has 6 heteroatoms. The van der Waals surface area contributed by atoms with Gasteiger partial charge in [-0.2, -0.15) is 0 Å². The minimum Gasteiger partial charge on any atom is -0.508 e. The van der Waals surface area contributed by atoms with E-state index in [9.17, 15) is 9.90 Å². The molecule has 0 unspecified atom stereocenters. The third-order valence-corrected chi connectivity index (χ3v) is 4.20. The summed E-state index contributed by atoms with van der Waals surface area (Å²) in [5.41, 5.74) is 10.1. The Labute approximate surface area is 157 Å². The summed E-state index contributed by atoms with van der Waals surface area (Å²) in [5, 5.41) is 23.2. The normalized spacial score (nSPS) is 10.3. The van der Waals surface area contributed by atoms with E-state index in [2.05, 4.69) is 10.6 Å². The molecule has 0 spiro atoms. The molecule has 0 radical (unpaired) electrons. The number of nitrogens with one attached hydrogen (secondary N) is 3. The molecule has 6 nitrogen and oxygen atoms in total. The lowest BCUT2D eigenvalue weighted by Crippen LogP contribution is -2.14. The van der Waals surface area contributed by atoms with Crippen LogP contribution in [-0.4, -0.2) is 24.3 Å². The molecule has 0 heterocycles. The van der Waals surface area contributed by atoms with Gasteiger partial charge in [0.2, 0.25) is 0 Å². The number of rotatable bonds is 5. The number of benzene rings is 3. The van der Waals surface area contributed by atoms with E-state index < -0.39 is 0 Å². The van der Waals surface area contributed by atoms with Gasteiger partial charge in [-0.1, -0.05) is 18.2 Å². The predicted molar refractivity (Wildman–Crippen MR) is 110 cm³/mol. The Balaban J connectivity index is 2.00. The van der Waals surface area contributed by atoms with Crippen molar-refractivity contribution >= 4 is 29.2 Å². The maximum atomic E-state index is 12.7. The fourth-order valence-electron chi connectivity index (χ4n) is 2.80. The number of nitrogen functional groups attached to an aromatic ring is 1. The first kappa shape index (κ1) is 18.0. The lowest BCUT2D eigenvalue weighted by molar-refractivity contribution is 0.102. The number of carbonyl (C=O) groups is 1. The monoisotopic (exact) mass is 360 g/mol.